The van der Waals surface area contributed by atoms with Gasteiger partial charge in [-0.15, -0.1) is 12.4 Å². The number of hydrogen-bond acceptors (Lipinski definition) is 3. The van der Waals surface area contributed by atoms with Gasteiger partial charge in [0.25, 0.3) is 0 Å². The molecule has 1 aromatic rings. The summed E-state index contributed by atoms with van der Waals surface area (Å²) in [5.74, 6) is -0.0373. The molecule has 140 valence electrons. The van der Waals surface area contributed by atoms with Gasteiger partial charge in [0, 0.05) is 30.2 Å². The highest BCUT2D eigenvalue weighted by molar-refractivity contribution is 6.30. The maximum Gasteiger partial charge on any atom is 0.240 e. The summed E-state index contributed by atoms with van der Waals surface area (Å²) >= 11 is 6.05. The van der Waals surface area contributed by atoms with E-state index >= 15 is 0 Å². The molecule has 0 spiro atoms. The van der Waals surface area contributed by atoms with E-state index in [1.165, 1.54) is 24.8 Å². The van der Waals surface area contributed by atoms with Gasteiger partial charge in [-0.3, -0.25) is 4.79 Å². The van der Waals surface area contributed by atoms with E-state index in [4.69, 9.17) is 22.1 Å². The van der Waals surface area contributed by atoms with Gasteiger partial charge >= 0.3 is 0 Å². The van der Waals surface area contributed by atoms with Gasteiger partial charge in [0.15, 0.2) is 0 Å². The molecular formula is C19H28Cl2N2O2. The molecule has 0 atom stereocenters. The van der Waals surface area contributed by atoms with Crippen molar-refractivity contribution in [3.63, 3.8) is 0 Å². The van der Waals surface area contributed by atoms with Gasteiger partial charge in [-0.2, -0.15) is 0 Å². The molecule has 1 heterocycles. The Balaban J connectivity index is 0.00000225. The molecule has 25 heavy (non-hydrogen) atoms. The number of benzene rings is 1. The van der Waals surface area contributed by atoms with Crippen LogP contribution in [0.5, 0.6) is 0 Å². The first-order chi connectivity index (χ1) is 11.5. The second-order valence-corrected chi connectivity index (χ2v) is 7.74. The van der Waals surface area contributed by atoms with E-state index in [0.717, 1.165) is 17.9 Å². The highest BCUT2D eigenvalue weighted by Crippen LogP contribution is 2.39. The van der Waals surface area contributed by atoms with Crippen molar-refractivity contribution in [2.24, 2.45) is 5.73 Å². The maximum atomic E-state index is 12.7. The third-order valence-corrected chi connectivity index (χ3v) is 5.94. The van der Waals surface area contributed by atoms with Crippen molar-refractivity contribution >= 4 is 29.9 Å². The Bertz CT molecular complexity index is 565. The average Bonchev–Trinajstić information content (AvgIpc) is 2.61. The molecule has 1 aromatic carbocycles. The third-order valence-electron chi connectivity index (χ3n) is 5.69. The molecular weight excluding hydrogens is 359 g/mol. The summed E-state index contributed by atoms with van der Waals surface area (Å²) in [7, 11) is 0. The van der Waals surface area contributed by atoms with Crippen molar-refractivity contribution in [2.75, 3.05) is 19.8 Å². The van der Waals surface area contributed by atoms with Crippen molar-refractivity contribution in [2.45, 2.75) is 55.9 Å². The highest BCUT2D eigenvalue weighted by Gasteiger charge is 2.39. The molecule has 0 radical (unpaired) electrons. The minimum atomic E-state index is -0.784. The maximum absolute atomic E-state index is 12.7. The number of hydrogen-bond donors (Lipinski definition) is 2. The second kappa shape index (κ2) is 8.72. The molecule has 0 aromatic heterocycles. The zero-order valence-electron chi connectivity index (χ0n) is 14.6. The van der Waals surface area contributed by atoms with Crippen LogP contribution in [0.15, 0.2) is 24.3 Å². The number of rotatable bonds is 4. The molecule has 3 rings (SSSR count). The average molecular weight is 387 g/mol. The monoisotopic (exact) mass is 386 g/mol. The van der Waals surface area contributed by atoms with E-state index in [9.17, 15) is 4.79 Å². The minimum Gasteiger partial charge on any atom is -0.381 e. The molecule has 4 nitrogen and oxygen atoms in total. The fourth-order valence-electron chi connectivity index (χ4n) is 3.99. The van der Waals surface area contributed by atoms with Crippen LogP contribution in [0, 0.1) is 0 Å². The summed E-state index contributed by atoms with van der Waals surface area (Å²) in [5.41, 5.74) is 6.80. The third kappa shape index (κ3) is 4.68. The summed E-state index contributed by atoms with van der Waals surface area (Å²) in [4.78, 5) is 12.7. The normalized spacial score (nSPS) is 21.8. The highest BCUT2D eigenvalue weighted by atomic mass is 35.5. The van der Waals surface area contributed by atoms with Gasteiger partial charge in [0.1, 0.15) is 0 Å². The standard InChI is InChI=1S/C19H27ClN2O2.ClH/c20-16-6-4-15(5-7-16)18(8-2-1-3-9-18)14-22-17(23)19(21)10-12-24-13-11-19;/h4-7H,1-3,8-14,21H2,(H,22,23);1H. The van der Waals surface area contributed by atoms with Crippen LogP contribution in [-0.4, -0.2) is 31.2 Å². The van der Waals surface area contributed by atoms with E-state index in [1.807, 2.05) is 12.1 Å². The number of nitrogens with one attached hydrogen (secondary N) is 1. The number of amides is 1. The van der Waals surface area contributed by atoms with Gasteiger partial charge in [0.05, 0.1) is 5.54 Å². The first-order valence-electron chi connectivity index (χ1n) is 8.95. The summed E-state index contributed by atoms with van der Waals surface area (Å²) in [6, 6.07) is 8.09. The smallest absolute Gasteiger partial charge is 0.240 e. The lowest BCUT2D eigenvalue weighted by molar-refractivity contribution is -0.130. The van der Waals surface area contributed by atoms with Crippen LogP contribution in [0.1, 0.15) is 50.5 Å². The largest absolute Gasteiger partial charge is 0.381 e. The molecule has 2 aliphatic rings. The fraction of sp³-hybridized carbons (Fsp3) is 0.632. The van der Waals surface area contributed by atoms with E-state index in [0.29, 0.717) is 32.6 Å². The molecule has 0 bridgehead atoms. The number of carbonyl (C=O) groups excluding carboxylic acids is 1. The molecule has 1 saturated carbocycles. The van der Waals surface area contributed by atoms with Crippen LogP contribution in [0.3, 0.4) is 0 Å². The van der Waals surface area contributed by atoms with Gasteiger partial charge in [-0.05, 0) is 43.4 Å². The van der Waals surface area contributed by atoms with Crippen molar-refractivity contribution in [3.05, 3.63) is 34.9 Å². The fourth-order valence-corrected chi connectivity index (χ4v) is 4.11. The zero-order chi connectivity index (χ0) is 17.0. The first kappa shape index (κ1) is 20.5. The van der Waals surface area contributed by atoms with Gasteiger partial charge in [-0.25, -0.2) is 0 Å². The van der Waals surface area contributed by atoms with Gasteiger partial charge in [0.2, 0.25) is 5.91 Å². The lowest BCUT2D eigenvalue weighted by Gasteiger charge is -2.40. The Kier molecular flexibility index (Phi) is 7.15. The number of carbonyl (C=O) groups is 1. The van der Waals surface area contributed by atoms with Crippen LogP contribution < -0.4 is 11.1 Å². The molecule has 0 unspecified atom stereocenters. The molecule has 3 N–H and O–H groups in total. The van der Waals surface area contributed by atoms with Crippen molar-refractivity contribution in [1.82, 2.24) is 5.32 Å². The summed E-state index contributed by atoms with van der Waals surface area (Å²) in [6.07, 6.45) is 7.02. The molecule has 2 fully saturated rings. The van der Waals surface area contributed by atoms with Gasteiger partial charge in [-0.1, -0.05) is 43.0 Å². The molecule has 1 aliphatic heterocycles. The summed E-state index contributed by atoms with van der Waals surface area (Å²) in [5, 5.41) is 3.91. The number of ether oxygens (including phenoxy) is 1. The Labute approximate surface area is 161 Å². The number of nitrogens with two attached hydrogens (primary N) is 1. The quantitative estimate of drug-likeness (QED) is 0.830. The Morgan fingerprint density at radius 3 is 2.28 bits per heavy atom. The van der Waals surface area contributed by atoms with Crippen molar-refractivity contribution in [3.8, 4) is 0 Å². The topological polar surface area (TPSA) is 64.4 Å². The van der Waals surface area contributed by atoms with E-state index in [2.05, 4.69) is 17.4 Å². The van der Waals surface area contributed by atoms with Crippen LogP contribution in [0.2, 0.25) is 5.02 Å². The Morgan fingerprint density at radius 1 is 1.08 bits per heavy atom. The van der Waals surface area contributed by atoms with Crippen molar-refractivity contribution < 1.29 is 9.53 Å². The number of halogens is 2. The second-order valence-electron chi connectivity index (χ2n) is 7.30. The van der Waals surface area contributed by atoms with Gasteiger partial charge < -0.3 is 15.8 Å². The minimum absolute atomic E-state index is 0. The first-order valence-corrected chi connectivity index (χ1v) is 9.33. The van der Waals surface area contributed by atoms with E-state index in [-0.39, 0.29) is 23.7 Å². The molecule has 1 saturated heterocycles. The predicted octanol–water partition coefficient (Wildman–Crippen LogP) is 3.59. The summed E-state index contributed by atoms with van der Waals surface area (Å²) in [6.45, 7) is 1.77. The summed E-state index contributed by atoms with van der Waals surface area (Å²) < 4.78 is 5.34. The SMILES string of the molecule is Cl.NC1(C(=O)NCC2(c3ccc(Cl)cc3)CCCCC2)CCOCC1. The lowest BCUT2D eigenvalue weighted by atomic mass is 9.69. The Morgan fingerprint density at radius 2 is 1.68 bits per heavy atom. The molecule has 1 amide bonds. The van der Waals surface area contributed by atoms with E-state index in [1.54, 1.807) is 0 Å². The lowest BCUT2D eigenvalue weighted by Crippen LogP contribution is -2.58. The molecule has 1 aliphatic carbocycles. The molecule has 6 heteroatoms. The van der Waals surface area contributed by atoms with Crippen LogP contribution in [0.4, 0.5) is 0 Å². The zero-order valence-corrected chi connectivity index (χ0v) is 16.1. The Hall–Kier alpha value is -0.810. The predicted molar refractivity (Wildman–Crippen MR) is 103 cm³/mol. The van der Waals surface area contributed by atoms with Crippen molar-refractivity contribution in [1.29, 1.82) is 0 Å². The van der Waals surface area contributed by atoms with Crippen LogP contribution in [0.25, 0.3) is 0 Å². The van der Waals surface area contributed by atoms with Crippen LogP contribution in [-0.2, 0) is 14.9 Å². The van der Waals surface area contributed by atoms with Crippen LogP contribution >= 0.6 is 24.0 Å². The van der Waals surface area contributed by atoms with E-state index < -0.39 is 5.54 Å².